The van der Waals surface area contributed by atoms with Crippen molar-refractivity contribution >= 4 is 11.3 Å². The average molecular weight is 319 g/mol. The molecule has 6 heteroatoms. The molecule has 118 valence electrons. The highest BCUT2D eigenvalue weighted by molar-refractivity contribution is 7.09. The lowest BCUT2D eigenvalue weighted by molar-refractivity contribution is 0.342. The van der Waals surface area contributed by atoms with Gasteiger partial charge in [0.2, 0.25) is 0 Å². The summed E-state index contributed by atoms with van der Waals surface area (Å²) in [6, 6.07) is 0. The van der Waals surface area contributed by atoms with Crippen LogP contribution in [0.2, 0.25) is 0 Å². The first kappa shape index (κ1) is 15.2. The van der Waals surface area contributed by atoms with Gasteiger partial charge in [-0.25, -0.2) is 9.78 Å². The van der Waals surface area contributed by atoms with Gasteiger partial charge in [-0.05, 0) is 31.6 Å². The number of thiazole rings is 1. The van der Waals surface area contributed by atoms with Crippen LogP contribution in [0, 0.1) is 12.8 Å². The lowest BCUT2D eigenvalue weighted by atomic mass is 9.80. The minimum atomic E-state index is -0.405. The summed E-state index contributed by atoms with van der Waals surface area (Å²) < 4.78 is 0. The van der Waals surface area contributed by atoms with Gasteiger partial charge in [0.15, 0.2) is 0 Å². The van der Waals surface area contributed by atoms with Gasteiger partial charge < -0.3 is 4.98 Å². The van der Waals surface area contributed by atoms with Crippen LogP contribution in [-0.4, -0.2) is 15.0 Å². The largest absolute Gasteiger partial charge is 0.325 e. The van der Waals surface area contributed by atoms with Crippen molar-refractivity contribution in [3.63, 3.8) is 0 Å². The molecular formula is C16H21N3O2S. The Hall–Kier alpha value is -1.69. The Morgan fingerprint density at radius 3 is 2.59 bits per heavy atom. The van der Waals surface area contributed by atoms with Crippen molar-refractivity contribution in [3.8, 4) is 0 Å². The summed E-state index contributed by atoms with van der Waals surface area (Å²) in [4.78, 5) is 33.7. The second kappa shape index (κ2) is 6.20. The molecule has 0 saturated heterocycles. The molecule has 2 aromatic heterocycles. The van der Waals surface area contributed by atoms with E-state index in [-0.39, 0.29) is 11.5 Å². The zero-order valence-electron chi connectivity index (χ0n) is 12.9. The Balaban J connectivity index is 1.97. The molecule has 1 aliphatic carbocycles. The smallest absolute Gasteiger partial charge is 0.311 e. The summed E-state index contributed by atoms with van der Waals surface area (Å²) in [6.07, 6.45) is 4.85. The van der Waals surface area contributed by atoms with Crippen LogP contribution < -0.4 is 11.2 Å². The number of aromatic nitrogens is 3. The number of hydrogen-bond donors (Lipinski definition) is 2. The molecule has 0 radical (unpaired) electrons. The number of H-pyrrole nitrogens is 2. The molecule has 2 aromatic rings. The van der Waals surface area contributed by atoms with Crippen LogP contribution in [0.4, 0.5) is 0 Å². The molecule has 3 rings (SSSR count). The van der Waals surface area contributed by atoms with Crippen molar-refractivity contribution < 1.29 is 0 Å². The Morgan fingerprint density at radius 2 is 1.95 bits per heavy atom. The van der Waals surface area contributed by atoms with Crippen molar-refractivity contribution in [2.75, 3.05) is 0 Å². The number of aryl methyl sites for hydroxylation is 1. The summed E-state index contributed by atoms with van der Waals surface area (Å²) in [5.41, 5.74) is 1.79. The van der Waals surface area contributed by atoms with Crippen LogP contribution in [0.1, 0.15) is 60.5 Å². The fourth-order valence-corrected chi connectivity index (χ4v) is 4.02. The molecule has 0 aromatic carbocycles. The van der Waals surface area contributed by atoms with Crippen LogP contribution >= 0.6 is 11.3 Å². The first-order valence-electron chi connectivity index (χ1n) is 7.79. The van der Waals surface area contributed by atoms with Crippen molar-refractivity contribution in [2.45, 2.75) is 51.9 Å². The van der Waals surface area contributed by atoms with Gasteiger partial charge in [-0.2, -0.15) is 0 Å². The topological polar surface area (TPSA) is 78.6 Å². The highest BCUT2D eigenvalue weighted by atomic mass is 32.1. The molecule has 22 heavy (non-hydrogen) atoms. The van der Waals surface area contributed by atoms with Gasteiger partial charge >= 0.3 is 5.69 Å². The number of nitrogens with one attached hydrogen (secondary N) is 2. The normalized spacial score (nSPS) is 21.9. The van der Waals surface area contributed by atoms with Gasteiger partial charge in [-0.3, -0.25) is 9.78 Å². The molecule has 0 atom stereocenters. The van der Waals surface area contributed by atoms with E-state index in [0.717, 1.165) is 48.0 Å². The van der Waals surface area contributed by atoms with E-state index in [1.165, 1.54) is 0 Å². The Morgan fingerprint density at radius 1 is 1.23 bits per heavy atom. The van der Waals surface area contributed by atoms with E-state index in [9.17, 15) is 9.59 Å². The van der Waals surface area contributed by atoms with Crippen molar-refractivity contribution in [3.05, 3.63) is 48.2 Å². The summed E-state index contributed by atoms with van der Waals surface area (Å²) in [5, 5.41) is 2.90. The zero-order valence-corrected chi connectivity index (χ0v) is 13.8. The molecule has 2 heterocycles. The lowest BCUT2D eigenvalue weighted by Gasteiger charge is -2.27. The highest BCUT2D eigenvalue weighted by Gasteiger charge is 2.24. The summed E-state index contributed by atoms with van der Waals surface area (Å²) >= 11 is 1.56. The third-order valence-electron chi connectivity index (χ3n) is 4.49. The average Bonchev–Trinajstić information content (AvgIpc) is 2.88. The second-order valence-corrected chi connectivity index (χ2v) is 7.26. The van der Waals surface area contributed by atoms with Crippen molar-refractivity contribution in [2.24, 2.45) is 5.92 Å². The number of nitrogens with zero attached hydrogens (tertiary/aromatic N) is 1. The second-order valence-electron chi connectivity index (χ2n) is 6.32. The molecular weight excluding hydrogens is 298 g/mol. The fraction of sp³-hybridized carbons (Fsp3) is 0.562. The Kier molecular flexibility index (Phi) is 4.29. The van der Waals surface area contributed by atoms with Crippen molar-refractivity contribution in [1.82, 2.24) is 15.0 Å². The van der Waals surface area contributed by atoms with Gasteiger partial charge in [0.25, 0.3) is 5.56 Å². The van der Waals surface area contributed by atoms with E-state index in [1.807, 2.05) is 12.3 Å². The first-order chi connectivity index (χ1) is 10.5. The van der Waals surface area contributed by atoms with Gasteiger partial charge in [0.1, 0.15) is 0 Å². The predicted molar refractivity (Wildman–Crippen MR) is 87.7 cm³/mol. The quantitative estimate of drug-likeness (QED) is 0.913. The molecule has 0 bridgehead atoms. The molecule has 0 amide bonds. The van der Waals surface area contributed by atoms with Crippen LogP contribution in [0.25, 0.3) is 0 Å². The minimum absolute atomic E-state index is 0.273. The van der Waals surface area contributed by atoms with E-state index in [1.54, 1.807) is 11.3 Å². The monoisotopic (exact) mass is 319 g/mol. The number of aromatic amines is 2. The van der Waals surface area contributed by atoms with Gasteiger partial charge in [-0.1, -0.05) is 19.8 Å². The standard InChI is InChI=1S/C16H21N3O2S/c1-9-3-5-11(6-4-9)14-12(15(20)19-16(21)18-14)7-13-17-10(2)8-22-13/h8-9,11H,3-7H2,1-2H3,(H2,18,19,20,21). The molecule has 5 nitrogen and oxygen atoms in total. The molecule has 2 N–H and O–H groups in total. The van der Waals surface area contributed by atoms with Crippen molar-refractivity contribution in [1.29, 1.82) is 0 Å². The molecule has 1 fully saturated rings. The van der Waals surface area contributed by atoms with Crippen LogP contribution in [0.15, 0.2) is 15.0 Å². The maximum atomic E-state index is 12.3. The number of hydrogen-bond acceptors (Lipinski definition) is 4. The molecule has 1 aliphatic rings. The van der Waals surface area contributed by atoms with Gasteiger partial charge in [0.05, 0.1) is 5.01 Å². The maximum Gasteiger partial charge on any atom is 0.325 e. The van der Waals surface area contributed by atoms with Gasteiger partial charge in [0, 0.05) is 28.8 Å². The minimum Gasteiger partial charge on any atom is -0.311 e. The number of rotatable bonds is 3. The van der Waals surface area contributed by atoms with Crippen LogP contribution in [0.5, 0.6) is 0 Å². The van der Waals surface area contributed by atoms with Crippen LogP contribution in [-0.2, 0) is 6.42 Å². The fourth-order valence-electron chi connectivity index (χ4n) is 3.24. The maximum absolute atomic E-state index is 12.3. The highest BCUT2D eigenvalue weighted by Crippen LogP contribution is 2.35. The van der Waals surface area contributed by atoms with Crippen LogP contribution in [0.3, 0.4) is 0 Å². The van der Waals surface area contributed by atoms with E-state index >= 15 is 0 Å². The summed E-state index contributed by atoms with van der Waals surface area (Å²) in [5.74, 6) is 1.01. The third kappa shape index (κ3) is 3.21. The predicted octanol–water partition coefficient (Wildman–Crippen LogP) is 2.71. The Bertz CT molecular complexity index is 766. The van der Waals surface area contributed by atoms with E-state index in [2.05, 4.69) is 21.9 Å². The van der Waals surface area contributed by atoms with E-state index in [0.29, 0.717) is 12.0 Å². The van der Waals surface area contributed by atoms with E-state index in [4.69, 9.17) is 0 Å². The van der Waals surface area contributed by atoms with Gasteiger partial charge in [-0.15, -0.1) is 11.3 Å². The molecule has 0 unspecified atom stereocenters. The molecule has 0 spiro atoms. The molecule has 0 aliphatic heterocycles. The third-order valence-corrected chi connectivity index (χ3v) is 5.46. The summed E-state index contributed by atoms with van der Waals surface area (Å²) in [7, 11) is 0. The zero-order chi connectivity index (χ0) is 15.7. The lowest BCUT2D eigenvalue weighted by Crippen LogP contribution is -2.30. The molecule has 1 saturated carbocycles. The first-order valence-corrected chi connectivity index (χ1v) is 8.67. The van der Waals surface area contributed by atoms with E-state index < -0.39 is 5.69 Å². The summed E-state index contributed by atoms with van der Waals surface area (Å²) in [6.45, 7) is 4.20. The Labute approximate surface area is 132 Å². The SMILES string of the molecule is Cc1csc(Cc2c(C3CCC(C)CC3)[nH]c(=O)[nH]c2=O)n1.